The Kier molecular flexibility index (Phi) is 3.49. The van der Waals surface area contributed by atoms with Crippen LogP contribution in [-0.2, 0) is 11.0 Å². The fraction of sp³-hybridized carbons (Fsp3) is 0.417. The molecule has 2 atom stereocenters. The monoisotopic (exact) mass is 277 g/mol. The molecule has 1 fully saturated rings. The largest absolute Gasteiger partial charge is 0.480 e. The molecule has 2 rings (SSSR count). The first-order valence-electron chi connectivity index (χ1n) is 5.63. The van der Waals surface area contributed by atoms with E-state index in [1.807, 2.05) is 0 Å². The molecule has 7 heteroatoms. The zero-order valence-electron chi connectivity index (χ0n) is 9.67. The summed E-state index contributed by atoms with van der Waals surface area (Å²) >= 11 is 0. The smallest absolute Gasteiger partial charge is 0.419 e. The minimum Gasteiger partial charge on any atom is -0.480 e. The predicted molar refractivity (Wildman–Crippen MR) is 58.2 cm³/mol. The van der Waals surface area contributed by atoms with E-state index in [-0.39, 0.29) is 5.56 Å². The summed E-state index contributed by atoms with van der Waals surface area (Å²) in [6, 6.07) is 1.70. The van der Waals surface area contributed by atoms with E-state index in [1.165, 1.54) is 6.07 Å². The molecule has 0 aliphatic carbocycles. The SMILES string of the molecule is O=C(O)C1NCCC1c1ccc(F)c(C(F)(F)F)c1. The second kappa shape index (κ2) is 4.80. The van der Waals surface area contributed by atoms with Gasteiger partial charge in [-0.2, -0.15) is 13.2 Å². The predicted octanol–water partition coefficient (Wildman–Crippen LogP) is 2.37. The van der Waals surface area contributed by atoms with Gasteiger partial charge < -0.3 is 10.4 Å². The van der Waals surface area contributed by atoms with E-state index in [9.17, 15) is 22.4 Å². The van der Waals surface area contributed by atoms with Gasteiger partial charge in [-0.15, -0.1) is 0 Å². The summed E-state index contributed by atoms with van der Waals surface area (Å²) in [4.78, 5) is 11.0. The number of halogens is 4. The van der Waals surface area contributed by atoms with Crippen molar-refractivity contribution >= 4 is 5.97 Å². The molecule has 19 heavy (non-hydrogen) atoms. The Labute approximate surface area is 106 Å². The van der Waals surface area contributed by atoms with E-state index in [0.29, 0.717) is 19.0 Å². The minimum atomic E-state index is -4.79. The van der Waals surface area contributed by atoms with E-state index in [4.69, 9.17) is 5.11 Å². The molecule has 0 radical (unpaired) electrons. The van der Waals surface area contributed by atoms with Gasteiger partial charge in [0.1, 0.15) is 11.9 Å². The van der Waals surface area contributed by atoms with Crippen LogP contribution >= 0.6 is 0 Å². The molecule has 2 N–H and O–H groups in total. The first-order chi connectivity index (χ1) is 8.80. The maximum absolute atomic E-state index is 13.2. The summed E-state index contributed by atoms with van der Waals surface area (Å²) in [5.41, 5.74) is -1.17. The molecule has 0 aromatic heterocycles. The first kappa shape index (κ1) is 13.8. The number of aliphatic carboxylic acids is 1. The molecule has 3 nitrogen and oxygen atoms in total. The van der Waals surface area contributed by atoms with Crippen molar-refractivity contribution in [1.82, 2.24) is 5.32 Å². The van der Waals surface area contributed by atoms with Crippen molar-refractivity contribution in [3.05, 3.63) is 35.1 Å². The van der Waals surface area contributed by atoms with Gasteiger partial charge in [0.15, 0.2) is 0 Å². The summed E-state index contributed by atoms with van der Waals surface area (Å²) in [5.74, 6) is -3.06. The van der Waals surface area contributed by atoms with Gasteiger partial charge in [0.25, 0.3) is 0 Å². The van der Waals surface area contributed by atoms with Crippen LogP contribution < -0.4 is 5.32 Å². The molecule has 1 aliphatic heterocycles. The molecule has 0 spiro atoms. The van der Waals surface area contributed by atoms with Gasteiger partial charge in [-0.25, -0.2) is 4.39 Å². The second-order valence-corrected chi connectivity index (χ2v) is 4.40. The number of hydrogen-bond acceptors (Lipinski definition) is 2. The Morgan fingerprint density at radius 3 is 2.63 bits per heavy atom. The van der Waals surface area contributed by atoms with Crippen LogP contribution in [0.15, 0.2) is 18.2 Å². The average Bonchev–Trinajstić information content (AvgIpc) is 2.77. The molecule has 0 bridgehead atoms. The van der Waals surface area contributed by atoms with Gasteiger partial charge in [0.05, 0.1) is 5.56 Å². The zero-order chi connectivity index (χ0) is 14.2. The van der Waals surface area contributed by atoms with Crippen LogP contribution in [0, 0.1) is 5.82 Å². The van der Waals surface area contributed by atoms with Crippen molar-refractivity contribution in [2.75, 3.05) is 6.54 Å². The highest BCUT2D eigenvalue weighted by Crippen LogP contribution is 2.35. The lowest BCUT2D eigenvalue weighted by atomic mass is 9.90. The standard InChI is InChI=1S/C12H11F4NO2/c13-9-2-1-6(5-8(9)12(14,15)16)7-3-4-17-10(7)11(18)19/h1-2,5,7,10,17H,3-4H2,(H,18,19). The number of alkyl halides is 3. The summed E-state index contributed by atoms with van der Waals surface area (Å²) in [6.45, 7) is 0.403. The number of rotatable bonds is 2. The van der Waals surface area contributed by atoms with Gasteiger partial charge in [0.2, 0.25) is 0 Å². The highest BCUT2D eigenvalue weighted by molar-refractivity contribution is 5.75. The number of carbonyl (C=O) groups is 1. The number of carboxylic acid groups (broad SMARTS) is 1. The highest BCUT2D eigenvalue weighted by Gasteiger charge is 2.38. The topological polar surface area (TPSA) is 49.3 Å². The Bertz CT molecular complexity index is 501. The number of hydrogen-bond donors (Lipinski definition) is 2. The van der Waals surface area contributed by atoms with E-state index >= 15 is 0 Å². The van der Waals surface area contributed by atoms with Gasteiger partial charge in [0, 0.05) is 5.92 Å². The lowest BCUT2D eigenvalue weighted by Crippen LogP contribution is -2.34. The fourth-order valence-electron chi connectivity index (χ4n) is 2.31. The highest BCUT2D eigenvalue weighted by atomic mass is 19.4. The molecule has 104 valence electrons. The van der Waals surface area contributed by atoms with Crippen molar-refractivity contribution in [3.8, 4) is 0 Å². The summed E-state index contributed by atoms with van der Waals surface area (Å²) in [7, 11) is 0. The molecule has 1 aliphatic rings. The van der Waals surface area contributed by atoms with Crippen LogP contribution in [0.5, 0.6) is 0 Å². The Hall–Kier alpha value is -1.63. The fourth-order valence-corrected chi connectivity index (χ4v) is 2.31. The first-order valence-corrected chi connectivity index (χ1v) is 5.63. The van der Waals surface area contributed by atoms with Crippen LogP contribution in [0.25, 0.3) is 0 Å². The van der Waals surface area contributed by atoms with Crippen molar-refractivity contribution in [3.63, 3.8) is 0 Å². The molecule has 0 saturated carbocycles. The minimum absolute atomic E-state index is 0.186. The third-order valence-electron chi connectivity index (χ3n) is 3.21. The Morgan fingerprint density at radius 1 is 1.37 bits per heavy atom. The third-order valence-corrected chi connectivity index (χ3v) is 3.21. The molecular weight excluding hydrogens is 266 g/mol. The van der Waals surface area contributed by atoms with Crippen LogP contribution in [0.3, 0.4) is 0 Å². The van der Waals surface area contributed by atoms with Gasteiger partial charge in [-0.05, 0) is 30.7 Å². The number of nitrogens with one attached hydrogen (secondary N) is 1. The van der Waals surface area contributed by atoms with Crippen molar-refractivity contribution in [1.29, 1.82) is 0 Å². The normalized spacial score (nSPS) is 23.6. The molecule has 1 aromatic carbocycles. The summed E-state index contributed by atoms with van der Waals surface area (Å²) < 4.78 is 51.0. The molecule has 1 saturated heterocycles. The lowest BCUT2D eigenvalue weighted by Gasteiger charge is -2.17. The van der Waals surface area contributed by atoms with E-state index in [2.05, 4.69) is 5.32 Å². The maximum atomic E-state index is 13.2. The van der Waals surface area contributed by atoms with Crippen LogP contribution in [0.4, 0.5) is 17.6 Å². The Morgan fingerprint density at radius 2 is 2.05 bits per heavy atom. The Balaban J connectivity index is 2.38. The zero-order valence-corrected chi connectivity index (χ0v) is 9.67. The van der Waals surface area contributed by atoms with Crippen molar-refractivity contribution < 1.29 is 27.5 Å². The molecule has 2 unspecified atom stereocenters. The van der Waals surface area contributed by atoms with Gasteiger partial charge >= 0.3 is 12.1 Å². The van der Waals surface area contributed by atoms with E-state index in [0.717, 1.165) is 6.07 Å². The molecule has 1 aromatic rings. The molecule has 1 heterocycles. The molecule has 0 amide bonds. The molecular formula is C12H11F4NO2. The quantitative estimate of drug-likeness (QED) is 0.816. The van der Waals surface area contributed by atoms with E-state index < -0.39 is 35.5 Å². The van der Waals surface area contributed by atoms with Crippen LogP contribution in [0.1, 0.15) is 23.5 Å². The van der Waals surface area contributed by atoms with Gasteiger partial charge in [-0.3, -0.25) is 4.79 Å². The second-order valence-electron chi connectivity index (χ2n) is 4.40. The van der Waals surface area contributed by atoms with Gasteiger partial charge in [-0.1, -0.05) is 6.07 Å². The van der Waals surface area contributed by atoms with Crippen molar-refractivity contribution in [2.45, 2.75) is 24.6 Å². The van der Waals surface area contributed by atoms with E-state index in [1.54, 1.807) is 0 Å². The van der Waals surface area contributed by atoms with Crippen LogP contribution in [0.2, 0.25) is 0 Å². The summed E-state index contributed by atoms with van der Waals surface area (Å²) in [5, 5.41) is 11.7. The average molecular weight is 277 g/mol. The van der Waals surface area contributed by atoms with Crippen molar-refractivity contribution in [2.24, 2.45) is 0 Å². The third kappa shape index (κ3) is 2.70. The number of benzene rings is 1. The lowest BCUT2D eigenvalue weighted by molar-refractivity contribution is -0.140. The maximum Gasteiger partial charge on any atom is 0.419 e. The summed E-state index contributed by atoms with van der Waals surface area (Å²) in [6.07, 6.45) is -4.38. The number of carboxylic acids is 1. The van der Waals surface area contributed by atoms with Crippen LogP contribution in [-0.4, -0.2) is 23.7 Å².